The van der Waals surface area contributed by atoms with Gasteiger partial charge in [0, 0.05) is 25.2 Å². The van der Waals surface area contributed by atoms with Crippen molar-refractivity contribution in [2.24, 2.45) is 5.18 Å². The summed E-state index contributed by atoms with van der Waals surface area (Å²) in [6.07, 6.45) is 1.54. The summed E-state index contributed by atoms with van der Waals surface area (Å²) in [4.78, 5) is 53.3. The molecule has 0 unspecified atom stereocenters. The van der Waals surface area contributed by atoms with E-state index < -0.39 is 46.6 Å². The Morgan fingerprint density at radius 3 is 2.62 bits per heavy atom. The Balaban J connectivity index is 2.05. The highest BCUT2D eigenvalue weighted by atomic mass is 19.1. The number of nitrogens with one attached hydrogen (secondary N) is 1. The minimum absolute atomic E-state index is 0.0286. The van der Waals surface area contributed by atoms with Gasteiger partial charge in [-0.2, -0.15) is 0 Å². The van der Waals surface area contributed by atoms with E-state index in [2.05, 4.69) is 15.5 Å². The molecule has 1 aliphatic heterocycles. The highest BCUT2D eigenvalue weighted by Crippen LogP contribution is 2.40. The summed E-state index contributed by atoms with van der Waals surface area (Å²) in [7, 11) is 1.28. The van der Waals surface area contributed by atoms with E-state index in [0.29, 0.717) is 11.1 Å². The number of aromatic nitrogens is 2. The highest BCUT2D eigenvalue weighted by molar-refractivity contribution is 6.06. The van der Waals surface area contributed by atoms with Crippen LogP contribution < -0.4 is 15.6 Å². The van der Waals surface area contributed by atoms with Gasteiger partial charge in [0.25, 0.3) is 11.5 Å². The minimum Gasteiger partial charge on any atom is -0.478 e. The van der Waals surface area contributed by atoms with Gasteiger partial charge in [-0.05, 0) is 29.8 Å². The van der Waals surface area contributed by atoms with Crippen LogP contribution in [0, 0.1) is 10.7 Å². The molecule has 32 heavy (non-hydrogen) atoms. The molecule has 10 nitrogen and oxygen atoms in total. The van der Waals surface area contributed by atoms with Crippen molar-refractivity contribution < 1.29 is 23.8 Å². The van der Waals surface area contributed by atoms with E-state index in [1.54, 1.807) is 12.1 Å². The lowest BCUT2D eigenvalue weighted by Gasteiger charge is -2.34. The standard InChI is InChI=1S/C21H17FN4O6/c1-21(20(29)30)9-26-16-15(14(25-31)13(19(26)28)18(27)23-2)24-8-11(17(16)32-21)7-10-3-5-12(22)6-4-10/h3-6,8H,7,9H2,1-2H3,(H,23,27)(H,29,30)/t21-/m0/s1. The number of benzene rings is 1. The summed E-state index contributed by atoms with van der Waals surface area (Å²) < 4.78 is 20.2. The zero-order valence-electron chi connectivity index (χ0n) is 17.0. The van der Waals surface area contributed by atoms with Crippen molar-refractivity contribution in [1.82, 2.24) is 14.9 Å². The van der Waals surface area contributed by atoms with E-state index in [-0.39, 0.29) is 23.2 Å². The number of nitroso groups, excluding NO2 is 1. The van der Waals surface area contributed by atoms with Gasteiger partial charge in [0.05, 0.1) is 6.54 Å². The fourth-order valence-corrected chi connectivity index (χ4v) is 3.70. The van der Waals surface area contributed by atoms with Crippen molar-refractivity contribution in [3.05, 3.63) is 68.2 Å². The number of aliphatic carboxylic acids is 1. The molecule has 11 heteroatoms. The van der Waals surface area contributed by atoms with Crippen LogP contribution in [0.15, 0.2) is 40.4 Å². The van der Waals surface area contributed by atoms with E-state index in [1.165, 1.54) is 32.3 Å². The Hall–Kier alpha value is -4.15. The van der Waals surface area contributed by atoms with Crippen LogP contribution in [-0.2, 0) is 17.8 Å². The summed E-state index contributed by atoms with van der Waals surface area (Å²) in [6.45, 7) is 0.875. The molecule has 2 aromatic heterocycles. The van der Waals surface area contributed by atoms with Gasteiger partial charge in [0.1, 0.15) is 22.4 Å². The van der Waals surface area contributed by atoms with Gasteiger partial charge in [-0.3, -0.25) is 19.1 Å². The number of carbonyl (C=O) groups is 2. The Morgan fingerprint density at radius 1 is 1.34 bits per heavy atom. The molecular formula is C21H17FN4O6. The van der Waals surface area contributed by atoms with Gasteiger partial charge in [-0.1, -0.05) is 12.1 Å². The molecule has 0 saturated carbocycles. The molecule has 3 heterocycles. The summed E-state index contributed by atoms with van der Waals surface area (Å²) in [5, 5.41) is 14.9. The van der Waals surface area contributed by atoms with Crippen molar-refractivity contribution in [2.75, 3.05) is 7.05 Å². The second-order valence-electron chi connectivity index (χ2n) is 7.54. The van der Waals surface area contributed by atoms with Gasteiger partial charge in [-0.25, -0.2) is 9.18 Å². The largest absolute Gasteiger partial charge is 0.478 e. The third kappa shape index (κ3) is 3.18. The number of carbonyl (C=O) groups excluding carboxylic acids is 1. The predicted molar refractivity (Wildman–Crippen MR) is 111 cm³/mol. The smallest absolute Gasteiger partial charge is 0.349 e. The van der Waals surface area contributed by atoms with Crippen LogP contribution in [0.5, 0.6) is 5.75 Å². The summed E-state index contributed by atoms with van der Waals surface area (Å²) in [5.41, 5.74) is -2.62. The van der Waals surface area contributed by atoms with Crippen LogP contribution in [0.3, 0.4) is 0 Å². The second-order valence-corrected chi connectivity index (χ2v) is 7.54. The average molecular weight is 440 g/mol. The maximum Gasteiger partial charge on any atom is 0.349 e. The lowest BCUT2D eigenvalue weighted by molar-refractivity contribution is -0.155. The molecule has 0 spiro atoms. The van der Waals surface area contributed by atoms with E-state index in [9.17, 15) is 28.8 Å². The van der Waals surface area contributed by atoms with Gasteiger partial charge in [0.15, 0.2) is 11.4 Å². The molecule has 3 aromatic rings. The van der Waals surface area contributed by atoms with Crippen LogP contribution in [-0.4, -0.2) is 39.2 Å². The highest BCUT2D eigenvalue weighted by Gasteiger charge is 2.43. The molecule has 164 valence electrons. The first kappa shape index (κ1) is 21.1. The van der Waals surface area contributed by atoms with E-state index in [4.69, 9.17) is 4.74 Å². The van der Waals surface area contributed by atoms with Crippen molar-refractivity contribution in [3.8, 4) is 5.75 Å². The number of ether oxygens (including phenoxy) is 1. The fraction of sp³-hybridized carbons (Fsp3) is 0.238. The van der Waals surface area contributed by atoms with Crippen molar-refractivity contribution in [2.45, 2.75) is 25.5 Å². The van der Waals surface area contributed by atoms with E-state index in [1.807, 2.05) is 0 Å². The number of hydrogen-bond acceptors (Lipinski definition) is 7. The Bertz CT molecular complexity index is 1350. The summed E-state index contributed by atoms with van der Waals surface area (Å²) >= 11 is 0. The first-order valence-corrected chi connectivity index (χ1v) is 9.51. The van der Waals surface area contributed by atoms with Crippen molar-refractivity contribution in [3.63, 3.8) is 0 Å². The molecule has 0 saturated heterocycles. The normalized spacial score (nSPS) is 17.0. The van der Waals surface area contributed by atoms with Crippen LogP contribution in [0.25, 0.3) is 11.0 Å². The molecule has 1 amide bonds. The number of carboxylic acid groups (broad SMARTS) is 1. The topological polar surface area (TPSA) is 140 Å². The lowest BCUT2D eigenvalue weighted by Crippen LogP contribution is -2.50. The monoisotopic (exact) mass is 440 g/mol. The first-order valence-electron chi connectivity index (χ1n) is 9.51. The molecule has 0 fully saturated rings. The summed E-state index contributed by atoms with van der Waals surface area (Å²) in [5.74, 6) is -2.57. The van der Waals surface area contributed by atoms with Gasteiger partial charge in [0.2, 0.25) is 5.60 Å². The predicted octanol–water partition coefficient (Wildman–Crippen LogP) is 2.12. The maximum atomic E-state index is 13.3. The van der Waals surface area contributed by atoms with Gasteiger partial charge < -0.3 is 15.2 Å². The molecule has 1 aromatic carbocycles. The number of hydrogen-bond donors (Lipinski definition) is 2. The fourth-order valence-electron chi connectivity index (χ4n) is 3.70. The van der Waals surface area contributed by atoms with Crippen molar-refractivity contribution in [1.29, 1.82) is 0 Å². The number of amides is 1. The third-order valence-electron chi connectivity index (χ3n) is 5.36. The van der Waals surface area contributed by atoms with Crippen molar-refractivity contribution >= 4 is 28.6 Å². The lowest BCUT2D eigenvalue weighted by atomic mass is 9.99. The SMILES string of the molecule is CNC(=O)c1c(N=O)c2ncc(Cc3ccc(F)cc3)c3c2n(c1=O)C[C@@](C)(C(=O)O)O3. The molecule has 0 aliphatic carbocycles. The second kappa shape index (κ2) is 7.52. The number of pyridine rings is 2. The average Bonchev–Trinajstić information content (AvgIpc) is 2.77. The van der Waals surface area contributed by atoms with E-state index in [0.717, 1.165) is 4.57 Å². The quantitative estimate of drug-likeness (QED) is 0.579. The Labute approximate surface area is 179 Å². The van der Waals surface area contributed by atoms with Gasteiger partial charge in [-0.15, -0.1) is 4.91 Å². The summed E-state index contributed by atoms with van der Waals surface area (Å²) in [6, 6.07) is 5.65. The molecule has 1 aliphatic rings. The van der Waals surface area contributed by atoms with Crippen LogP contribution >= 0.6 is 0 Å². The first-order chi connectivity index (χ1) is 15.2. The molecule has 0 bridgehead atoms. The number of halogens is 1. The maximum absolute atomic E-state index is 13.3. The minimum atomic E-state index is -1.83. The molecule has 0 radical (unpaired) electrons. The van der Waals surface area contributed by atoms with Gasteiger partial charge >= 0.3 is 5.97 Å². The van der Waals surface area contributed by atoms with Crippen LogP contribution in [0.4, 0.5) is 10.1 Å². The number of nitrogens with zero attached hydrogens (tertiary/aromatic N) is 3. The third-order valence-corrected chi connectivity index (χ3v) is 5.36. The molecule has 1 atom stereocenters. The van der Waals surface area contributed by atoms with E-state index >= 15 is 0 Å². The molecular weight excluding hydrogens is 423 g/mol. The molecule has 4 rings (SSSR count). The Kier molecular flexibility index (Phi) is 4.96. The van der Waals surface area contributed by atoms with Crippen LogP contribution in [0.1, 0.15) is 28.4 Å². The Morgan fingerprint density at radius 2 is 2.03 bits per heavy atom. The number of rotatable bonds is 5. The van der Waals surface area contributed by atoms with Crippen LogP contribution in [0.2, 0.25) is 0 Å². The molecule has 2 N–H and O–H groups in total. The number of carboxylic acids is 1. The zero-order valence-corrected chi connectivity index (χ0v) is 17.0. The zero-order chi connectivity index (χ0) is 23.2.